The highest BCUT2D eigenvalue weighted by molar-refractivity contribution is 5.80. The summed E-state index contributed by atoms with van der Waals surface area (Å²) in [5.74, 6) is -0.862. The van der Waals surface area contributed by atoms with Crippen molar-refractivity contribution in [2.45, 2.75) is 37.4 Å². The third kappa shape index (κ3) is 3.99. The second kappa shape index (κ2) is 7.47. The van der Waals surface area contributed by atoms with Gasteiger partial charge in [0, 0.05) is 17.6 Å². The Morgan fingerprint density at radius 3 is 2.46 bits per heavy atom. The van der Waals surface area contributed by atoms with E-state index in [1.807, 2.05) is 12.1 Å². The van der Waals surface area contributed by atoms with Crippen LogP contribution in [0.3, 0.4) is 0 Å². The van der Waals surface area contributed by atoms with E-state index >= 15 is 0 Å². The average Bonchev–Trinajstić information content (AvgIpc) is 3.02. The van der Waals surface area contributed by atoms with Crippen molar-refractivity contribution >= 4 is 10.9 Å². The van der Waals surface area contributed by atoms with Gasteiger partial charge in [0.2, 0.25) is 0 Å². The number of halogens is 4. The van der Waals surface area contributed by atoms with Crippen LogP contribution in [-0.4, -0.2) is 23.8 Å². The van der Waals surface area contributed by atoms with Gasteiger partial charge in [-0.15, -0.1) is 0 Å². The number of nitrogens with two attached hydrogens (primary N) is 1. The topological polar surface area (TPSA) is 51.0 Å². The zero-order chi connectivity index (χ0) is 20.5. The van der Waals surface area contributed by atoms with E-state index in [0.29, 0.717) is 17.0 Å². The van der Waals surface area contributed by atoms with Crippen LogP contribution in [0.5, 0.6) is 5.75 Å². The van der Waals surface area contributed by atoms with E-state index < -0.39 is 36.3 Å². The Bertz CT molecular complexity index is 933. The lowest BCUT2D eigenvalue weighted by Gasteiger charge is -2.34. The first kappa shape index (κ1) is 20.2. The van der Waals surface area contributed by atoms with Crippen molar-refractivity contribution in [1.82, 2.24) is 4.98 Å². The number of fused-ring (bicyclic) bond motifs is 1. The van der Waals surface area contributed by atoms with E-state index in [-0.39, 0.29) is 0 Å². The van der Waals surface area contributed by atoms with Crippen molar-refractivity contribution in [2.75, 3.05) is 7.11 Å². The van der Waals surface area contributed by atoms with Gasteiger partial charge in [0.15, 0.2) is 0 Å². The van der Waals surface area contributed by atoms with Crippen molar-refractivity contribution in [2.24, 2.45) is 5.73 Å². The molecule has 0 saturated heterocycles. The normalized spacial score (nSPS) is 15.4. The zero-order valence-corrected chi connectivity index (χ0v) is 15.6. The zero-order valence-electron chi connectivity index (χ0n) is 15.6. The summed E-state index contributed by atoms with van der Waals surface area (Å²) in [6, 6.07) is 12.7. The van der Waals surface area contributed by atoms with Gasteiger partial charge in [-0.05, 0) is 53.6 Å². The molecule has 3 aromatic rings. The van der Waals surface area contributed by atoms with E-state index in [2.05, 4.69) is 4.98 Å². The molecule has 3 nitrogen and oxygen atoms in total. The number of rotatable bonds is 6. The van der Waals surface area contributed by atoms with Crippen LogP contribution in [0.1, 0.15) is 30.5 Å². The molecular weight excluding hydrogens is 372 g/mol. The molecule has 150 valence electrons. The number of aromatic nitrogens is 1. The Hall–Kier alpha value is -2.54. The van der Waals surface area contributed by atoms with Gasteiger partial charge in [-0.3, -0.25) is 0 Å². The number of methoxy groups -OCH3 is 1. The molecule has 1 heterocycles. The molecule has 3 N–H and O–H groups in total. The predicted octanol–water partition coefficient (Wildman–Crippen LogP) is 5.31. The van der Waals surface area contributed by atoms with Crippen molar-refractivity contribution in [1.29, 1.82) is 0 Å². The molecule has 0 amide bonds. The first-order chi connectivity index (χ1) is 13.1. The van der Waals surface area contributed by atoms with E-state index in [9.17, 15) is 17.6 Å². The molecule has 0 bridgehead atoms. The summed E-state index contributed by atoms with van der Waals surface area (Å²) in [4.78, 5) is 3.00. The SMILES string of the molecule is COc1ccc(F)cc1C(C)CC(N)(Cc1cc2ccccc2[nH]1)C(F)(F)F. The number of hydrogen-bond acceptors (Lipinski definition) is 2. The molecule has 0 aliphatic rings. The molecule has 0 spiro atoms. The number of aromatic amines is 1. The second-order valence-electron chi connectivity index (χ2n) is 7.20. The molecule has 0 aliphatic carbocycles. The maximum Gasteiger partial charge on any atom is 0.406 e. The van der Waals surface area contributed by atoms with Crippen LogP contribution in [0, 0.1) is 5.82 Å². The van der Waals surface area contributed by atoms with Crippen molar-refractivity contribution in [3.05, 3.63) is 65.6 Å². The fourth-order valence-corrected chi connectivity index (χ4v) is 3.60. The Kier molecular flexibility index (Phi) is 5.39. The standard InChI is InChI=1S/C21H22F4N2O/c1-13(17-10-15(22)7-8-19(17)28-2)11-20(26,21(23,24)25)12-16-9-14-5-3-4-6-18(14)27-16/h3-10,13,27H,11-12,26H2,1-2H3. The van der Waals surface area contributed by atoms with Gasteiger partial charge < -0.3 is 15.5 Å². The minimum atomic E-state index is -4.64. The summed E-state index contributed by atoms with van der Waals surface area (Å²) >= 11 is 0. The van der Waals surface area contributed by atoms with Crippen LogP contribution in [-0.2, 0) is 6.42 Å². The molecule has 2 unspecified atom stereocenters. The summed E-state index contributed by atoms with van der Waals surface area (Å²) < 4.78 is 60.7. The number of hydrogen-bond donors (Lipinski definition) is 2. The second-order valence-corrected chi connectivity index (χ2v) is 7.20. The maximum atomic E-state index is 13.9. The minimum Gasteiger partial charge on any atom is -0.496 e. The number of para-hydroxylation sites is 1. The Morgan fingerprint density at radius 2 is 1.82 bits per heavy atom. The Labute approximate surface area is 160 Å². The van der Waals surface area contributed by atoms with Crippen LogP contribution in [0.15, 0.2) is 48.5 Å². The molecule has 0 saturated carbocycles. The van der Waals surface area contributed by atoms with E-state index in [4.69, 9.17) is 10.5 Å². The molecule has 0 aliphatic heterocycles. The fourth-order valence-electron chi connectivity index (χ4n) is 3.60. The molecule has 3 rings (SSSR count). The lowest BCUT2D eigenvalue weighted by molar-refractivity contribution is -0.189. The van der Waals surface area contributed by atoms with Crippen LogP contribution < -0.4 is 10.5 Å². The summed E-state index contributed by atoms with van der Waals surface area (Å²) in [7, 11) is 1.40. The molecule has 0 radical (unpaired) electrons. The largest absolute Gasteiger partial charge is 0.496 e. The van der Waals surface area contributed by atoms with Gasteiger partial charge in [-0.1, -0.05) is 25.1 Å². The minimum absolute atomic E-state index is 0.337. The number of alkyl halides is 3. The number of H-pyrrole nitrogens is 1. The fraction of sp³-hybridized carbons (Fsp3) is 0.333. The number of nitrogens with one attached hydrogen (secondary N) is 1. The van der Waals surface area contributed by atoms with Crippen LogP contribution in [0.25, 0.3) is 10.9 Å². The lowest BCUT2D eigenvalue weighted by atomic mass is 9.81. The Morgan fingerprint density at radius 1 is 1.11 bits per heavy atom. The lowest BCUT2D eigenvalue weighted by Crippen LogP contribution is -2.56. The van der Waals surface area contributed by atoms with Gasteiger partial charge >= 0.3 is 6.18 Å². The molecule has 28 heavy (non-hydrogen) atoms. The van der Waals surface area contributed by atoms with Crippen molar-refractivity contribution in [3.8, 4) is 5.75 Å². The highest BCUT2D eigenvalue weighted by Crippen LogP contribution is 2.40. The third-order valence-corrected chi connectivity index (χ3v) is 5.05. The summed E-state index contributed by atoms with van der Waals surface area (Å²) in [5, 5.41) is 0.821. The van der Waals surface area contributed by atoms with Gasteiger partial charge in [-0.25, -0.2) is 4.39 Å². The molecule has 0 fully saturated rings. The van der Waals surface area contributed by atoms with Crippen LogP contribution in [0.4, 0.5) is 17.6 Å². The highest BCUT2D eigenvalue weighted by Gasteiger charge is 2.52. The van der Waals surface area contributed by atoms with Gasteiger partial charge in [-0.2, -0.15) is 13.2 Å². The highest BCUT2D eigenvalue weighted by atomic mass is 19.4. The quantitative estimate of drug-likeness (QED) is 0.557. The first-order valence-corrected chi connectivity index (χ1v) is 8.88. The predicted molar refractivity (Wildman–Crippen MR) is 101 cm³/mol. The van der Waals surface area contributed by atoms with E-state index in [1.54, 1.807) is 25.1 Å². The molecule has 2 aromatic carbocycles. The smallest absolute Gasteiger partial charge is 0.406 e. The summed E-state index contributed by atoms with van der Waals surface area (Å²) in [6.07, 6.45) is -5.46. The van der Waals surface area contributed by atoms with E-state index in [1.165, 1.54) is 25.3 Å². The molecule has 1 aromatic heterocycles. The first-order valence-electron chi connectivity index (χ1n) is 8.88. The Balaban J connectivity index is 1.92. The van der Waals surface area contributed by atoms with E-state index in [0.717, 1.165) is 10.9 Å². The van der Waals surface area contributed by atoms with Crippen LogP contribution in [0.2, 0.25) is 0 Å². The number of benzene rings is 2. The van der Waals surface area contributed by atoms with Crippen molar-refractivity contribution in [3.63, 3.8) is 0 Å². The van der Waals surface area contributed by atoms with Crippen LogP contribution >= 0.6 is 0 Å². The monoisotopic (exact) mass is 394 g/mol. The average molecular weight is 394 g/mol. The summed E-state index contributed by atoms with van der Waals surface area (Å²) in [5.41, 5.74) is 4.95. The molecule has 7 heteroatoms. The molecule has 2 atom stereocenters. The summed E-state index contributed by atoms with van der Waals surface area (Å²) in [6.45, 7) is 1.59. The van der Waals surface area contributed by atoms with Gasteiger partial charge in [0.05, 0.1) is 7.11 Å². The van der Waals surface area contributed by atoms with Crippen molar-refractivity contribution < 1.29 is 22.3 Å². The third-order valence-electron chi connectivity index (χ3n) is 5.05. The maximum absolute atomic E-state index is 13.9. The molecular formula is C21H22F4N2O. The van der Waals surface area contributed by atoms with Gasteiger partial charge in [0.25, 0.3) is 0 Å². The van der Waals surface area contributed by atoms with Gasteiger partial charge in [0.1, 0.15) is 17.1 Å². The number of ether oxygens (including phenoxy) is 1.